The van der Waals surface area contributed by atoms with Gasteiger partial charge in [0.1, 0.15) is 0 Å². The van der Waals surface area contributed by atoms with E-state index in [1.54, 1.807) is 11.4 Å². The molecule has 1 saturated heterocycles. The van der Waals surface area contributed by atoms with Crippen molar-refractivity contribution in [3.8, 4) is 0 Å². The number of nitrogens with zero attached hydrogens (tertiary/aromatic N) is 2. The average molecular weight is 320 g/mol. The Labute approximate surface area is 126 Å². The molecule has 1 heterocycles. The first kappa shape index (κ1) is 16.7. The van der Waals surface area contributed by atoms with E-state index >= 15 is 0 Å². The maximum Gasteiger partial charge on any atom is 0.306 e. The van der Waals surface area contributed by atoms with Gasteiger partial charge in [-0.3, -0.25) is 4.79 Å². The minimum absolute atomic E-state index is 0.288. The number of rotatable bonds is 6. The smallest absolute Gasteiger partial charge is 0.306 e. The number of carboxylic acid groups (broad SMARTS) is 1. The van der Waals surface area contributed by atoms with Gasteiger partial charge in [0.25, 0.3) is 10.2 Å². The van der Waals surface area contributed by atoms with E-state index in [0.717, 1.165) is 19.3 Å². The molecule has 2 fully saturated rings. The topological polar surface area (TPSA) is 87.2 Å². The first-order chi connectivity index (χ1) is 9.83. The van der Waals surface area contributed by atoms with Gasteiger partial charge in [0.2, 0.25) is 0 Å². The van der Waals surface area contributed by atoms with Gasteiger partial charge in [-0.25, -0.2) is 0 Å². The summed E-state index contributed by atoms with van der Waals surface area (Å²) < 4.78 is 33.2. The number of hydrogen-bond donors (Lipinski definition) is 1. The number of likely N-dealkylation sites (N-methyl/N-ethyl adjacent to an activating group) is 1. The normalized spacial score (nSPS) is 26.0. The van der Waals surface area contributed by atoms with Crippen LogP contribution in [0.5, 0.6) is 0 Å². The number of aliphatic carboxylic acids is 1. The van der Waals surface area contributed by atoms with E-state index in [2.05, 4.69) is 0 Å². The van der Waals surface area contributed by atoms with E-state index in [0.29, 0.717) is 26.0 Å². The second-order valence-electron chi connectivity index (χ2n) is 6.00. The lowest BCUT2D eigenvalue weighted by molar-refractivity contribution is -0.146. The Bertz CT molecular complexity index is 489. The molecule has 8 heteroatoms. The van der Waals surface area contributed by atoms with Gasteiger partial charge in [-0.2, -0.15) is 17.0 Å². The van der Waals surface area contributed by atoms with E-state index in [4.69, 9.17) is 4.74 Å². The zero-order valence-electron chi connectivity index (χ0n) is 12.6. The number of hydrogen-bond acceptors (Lipinski definition) is 4. The van der Waals surface area contributed by atoms with Crippen molar-refractivity contribution < 1.29 is 23.1 Å². The average Bonchev–Trinajstić information content (AvgIpc) is 2.41. The maximum absolute atomic E-state index is 12.7. The van der Waals surface area contributed by atoms with Crippen LogP contribution in [0.4, 0.5) is 0 Å². The van der Waals surface area contributed by atoms with Gasteiger partial charge in [0.15, 0.2) is 0 Å². The fourth-order valence-corrected chi connectivity index (χ4v) is 5.01. The molecule has 1 aliphatic carbocycles. The summed E-state index contributed by atoms with van der Waals surface area (Å²) in [4.78, 5) is 11.2. The first-order valence-electron chi connectivity index (χ1n) is 7.29. The van der Waals surface area contributed by atoms with Crippen LogP contribution in [0.2, 0.25) is 0 Å². The van der Waals surface area contributed by atoms with Crippen molar-refractivity contribution in [2.45, 2.75) is 37.6 Å². The largest absolute Gasteiger partial charge is 0.481 e. The molecular weight excluding hydrogens is 296 g/mol. The molecule has 1 aliphatic heterocycles. The highest BCUT2D eigenvalue weighted by Gasteiger charge is 2.53. The van der Waals surface area contributed by atoms with Gasteiger partial charge < -0.3 is 9.84 Å². The molecule has 1 spiro atoms. The molecule has 0 amide bonds. The fraction of sp³-hybridized carbons (Fsp3) is 0.923. The van der Waals surface area contributed by atoms with E-state index < -0.39 is 27.6 Å². The van der Waals surface area contributed by atoms with Crippen LogP contribution in [-0.2, 0) is 19.7 Å². The van der Waals surface area contributed by atoms with Crippen LogP contribution < -0.4 is 0 Å². The van der Waals surface area contributed by atoms with Crippen molar-refractivity contribution in [2.24, 2.45) is 5.92 Å². The van der Waals surface area contributed by atoms with E-state index in [1.165, 1.54) is 11.4 Å². The summed E-state index contributed by atoms with van der Waals surface area (Å²) in [6.45, 7) is 0.929. The SMILES string of the molecule is COCCN(C)S(=O)(=O)N1CCC(C(=O)O)CC12CCC2. The number of piperidine rings is 1. The highest BCUT2D eigenvalue weighted by Crippen LogP contribution is 2.47. The molecule has 7 nitrogen and oxygen atoms in total. The van der Waals surface area contributed by atoms with Crippen LogP contribution in [0.25, 0.3) is 0 Å². The number of carboxylic acids is 1. The van der Waals surface area contributed by atoms with Crippen LogP contribution in [0, 0.1) is 5.92 Å². The summed E-state index contributed by atoms with van der Waals surface area (Å²) in [5.74, 6) is -1.24. The van der Waals surface area contributed by atoms with Gasteiger partial charge in [-0.05, 0) is 32.1 Å². The van der Waals surface area contributed by atoms with Crippen molar-refractivity contribution >= 4 is 16.2 Å². The molecular formula is C13H24N2O5S. The Balaban J connectivity index is 2.16. The molecule has 1 N–H and O–H groups in total. The van der Waals surface area contributed by atoms with Crippen LogP contribution in [0.3, 0.4) is 0 Å². The van der Waals surface area contributed by atoms with Gasteiger partial charge in [-0.1, -0.05) is 0 Å². The molecule has 2 aliphatic rings. The summed E-state index contributed by atoms with van der Waals surface area (Å²) in [5.41, 5.74) is -0.485. The van der Waals surface area contributed by atoms with E-state index in [-0.39, 0.29) is 6.54 Å². The summed E-state index contributed by atoms with van der Waals surface area (Å²) in [5, 5.41) is 9.21. The lowest BCUT2D eigenvalue weighted by Crippen LogP contribution is -2.63. The quantitative estimate of drug-likeness (QED) is 0.771. The summed E-state index contributed by atoms with van der Waals surface area (Å²) in [6.07, 6.45) is 3.29. The lowest BCUT2D eigenvalue weighted by Gasteiger charge is -2.54. The van der Waals surface area contributed by atoms with Crippen molar-refractivity contribution in [1.82, 2.24) is 8.61 Å². The van der Waals surface area contributed by atoms with E-state index in [9.17, 15) is 18.3 Å². The molecule has 21 heavy (non-hydrogen) atoms. The zero-order chi connectivity index (χ0) is 15.7. The number of ether oxygens (including phenoxy) is 1. The van der Waals surface area contributed by atoms with Crippen LogP contribution in [0.15, 0.2) is 0 Å². The second-order valence-corrected chi connectivity index (χ2v) is 7.96. The van der Waals surface area contributed by atoms with Crippen molar-refractivity contribution in [2.75, 3.05) is 33.9 Å². The Morgan fingerprint density at radius 1 is 1.48 bits per heavy atom. The minimum Gasteiger partial charge on any atom is -0.481 e. The molecule has 1 saturated carbocycles. The van der Waals surface area contributed by atoms with E-state index in [1.807, 2.05) is 0 Å². The van der Waals surface area contributed by atoms with Crippen LogP contribution in [-0.4, -0.2) is 67.5 Å². The third-order valence-corrected chi connectivity index (χ3v) is 6.85. The molecule has 0 aromatic carbocycles. The maximum atomic E-state index is 12.7. The van der Waals surface area contributed by atoms with Gasteiger partial charge in [0.05, 0.1) is 12.5 Å². The summed E-state index contributed by atoms with van der Waals surface area (Å²) in [7, 11) is -0.479. The molecule has 1 atom stereocenters. The first-order valence-corrected chi connectivity index (χ1v) is 8.69. The van der Waals surface area contributed by atoms with Crippen LogP contribution in [0.1, 0.15) is 32.1 Å². The fourth-order valence-electron chi connectivity index (χ4n) is 3.29. The molecule has 2 rings (SSSR count). The molecule has 1 unspecified atom stereocenters. The second kappa shape index (κ2) is 6.20. The van der Waals surface area contributed by atoms with Crippen molar-refractivity contribution in [3.05, 3.63) is 0 Å². The predicted octanol–water partition coefficient (Wildman–Crippen LogP) is 0.529. The summed E-state index contributed by atoms with van der Waals surface area (Å²) >= 11 is 0. The number of carbonyl (C=O) groups is 1. The molecule has 0 radical (unpaired) electrons. The molecule has 0 aromatic rings. The highest BCUT2D eigenvalue weighted by molar-refractivity contribution is 7.86. The predicted molar refractivity (Wildman–Crippen MR) is 77.1 cm³/mol. The zero-order valence-corrected chi connectivity index (χ0v) is 13.4. The standard InChI is InChI=1S/C13H24N2O5S/c1-14(8-9-20-2)21(18,19)15-7-4-11(12(16)17)10-13(15)5-3-6-13/h11H,3-10H2,1-2H3,(H,16,17). The minimum atomic E-state index is -3.56. The van der Waals surface area contributed by atoms with Gasteiger partial charge in [0, 0.05) is 32.8 Å². The Morgan fingerprint density at radius 2 is 2.14 bits per heavy atom. The third-order valence-electron chi connectivity index (χ3n) is 4.75. The van der Waals surface area contributed by atoms with Gasteiger partial charge >= 0.3 is 5.97 Å². The van der Waals surface area contributed by atoms with Crippen LogP contribution >= 0.6 is 0 Å². The number of methoxy groups -OCH3 is 1. The lowest BCUT2D eigenvalue weighted by atomic mass is 9.68. The molecule has 0 bridgehead atoms. The van der Waals surface area contributed by atoms with Crippen molar-refractivity contribution in [1.29, 1.82) is 0 Å². The highest BCUT2D eigenvalue weighted by atomic mass is 32.2. The third kappa shape index (κ3) is 3.08. The van der Waals surface area contributed by atoms with Crippen molar-refractivity contribution in [3.63, 3.8) is 0 Å². The Hall–Kier alpha value is -0.700. The molecule has 0 aromatic heterocycles. The monoisotopic (exact) mass is 320 g/mol. The Morgan fingerprint density at radius 3 is 2.62 bits per heavy atom. The van der Waals surface area contributed by atoms with Gasteiger partial charge in [-0.15, -0.1) is 0 Å². The summed E-state index contributed by atoms with van der Waals surface area (Å²) in [6, 6.07) is 0. The molecule has 122 valence electrons. The Kier molecular flexibility index (Phi) is 4.92.